The van der Waals surface area contributed by atoms with Gasteiger partial charge < -0.3 is 15.2 Å². The van der Waals surface area contributed by atoms with E-state index < -0.39 is 0 Å². The first kappa shape index (κ1) is 12.3. The van der Waals surface area contributed by atoms with Crippen molar-refractivity contribution in [2.24, 2.45) is 0 Å². The minimum absolute atomic E-state index is 0.120. The van der Waals surface area contributed by atoms with Gasteiger partial charge >= 0.3 is 0 Å². The fourth-order valence-electron chi connectivity index (χ4n) is 1.31. The van der Waals surface area contributed by atoms with Gasteiger partial charge in [-0.05, 0) is 27.7 Å². The lowest BCUT2D eigenvalue weighted by molar-refractivity contribution is 0.400. The summed E-state index contributed by atoms with van der Waals surface area (Å²) in [7, 11) is 0. The molecule has 0 aromatic carbocycles. The van der Waals surface area contributed by atoms with E-state index in [-0.39, 0.29) is 5.54 Å². The second-order valence-corrected chi connectivity index (χ2v) is 4.99. The molecule has 7 heteroatoms. The molecule has 0 aliphatic rings. The summed E-state index contributed by atoms with van der Waals surface area (Å²) in [4.78, 5) is 4.29. The third-order valence-electron chi connectivity index (χ3n) is 1.93. The number of nitrogens with zero attached hydrogens (tertiary/aromatic N) is 4. The molecule has 2 N–H and O–H groups in total. The second kappa shape index (κ2) is 4.59. The average molecular weight is 248 g/mol. The molecular formula is C11H16N6O. The van der Waals surface area contributed by atoms with Gasteiger partial charge in [0.15, 0.2) is 11.6 Å². The highest BCUT2D eigenvalue weighted by molar-refractivity contribution is 5.51. The monoisotopic (exact) mass is 248 g/mol. The van der Waals surface area contributed by atoms with Gasteiger partial charge in [-0.1, -0.05) is 5.16 Å². The molecule has 0 spiro atoms. The molecule has 0 amide bonds. The van der Waals surface area contributed by atoms with Crippen LogP contribution in [0.5, 0.6) is 0 Å². The third kappa shape index (κ3) is 3.41. The van der Waals surface area contributed by atoms with Crippen LogP contribution in [0.3, 0.4) is 0 Å². The van der Waals surface area contributed by atoms with E-state index in [0.29, 0.717) is 17.6 Å². The Morgan fingerprint density at radius 3 is 2.61 bits per heavy atom. The molecular weight excluding hydrogens is 232 g/mol. The summed E-state index contributed by atoms with van der Waals surface area (Å²) in [6.45, 7) is 7.90. The van der Waals surface area contributed by atoms with Gasteiger partial charge in [0.2, 0.25) is 5.95 Å². The number of aromatic nitrogens is 4. The Bertz CT molecular complexity index is 530. The Hall–Kier alpha value is -2.18. The number of rotatable bonds is 3. The zero-order valence-corrected chi connectivity index (χ0v) is 10.9. The number of hydrogen-bond acceptors (Lipinski definition) is 7. The van der Waals surface area contributed by atoms with Crippen LogP contribution in [-0.2, 0) is 0 Å². The van der Waals surface area contributed by atoms with E-state index in [0.717, 1.165) is 5.76 Å². The van der Waals surface area contributed by atoms with Crippen molar-refractivity contribution in [2.75, 3.05) is 10.6 Å². The van der Waals surface area contributed by atoms with Crippen LogP contribution in [0.25, 0.3) is 0 Å². The van der Waals surface area contributed by atoms with Crippen LogP contribution in [0.4, 0.5) is 17.6 Å². The van der Waals surface area contributed by atoms with Gasteiger partial charge in [0, 0.05) is 11.6 Å². The van der Waals surface area contributed by atoms with Gasteiger partial charge in [0.05, 0.1) is 6.20 Å². The van der Waals surface area contributed by atoms with E-state index in [1.54, 1.807) is 6.07 Å². The van der Waals surface area contributed by atoms with Crippen LogP contribution in [-0.4, -0.2) is 25.9 Å². The summed E-state index contributed by atoms with van der Waals surface area (Å²) >= 11 is 0. The molecule has 0 bridgehead atoms. The predicted octanol–water partition coefficient (Wildman–Crippen LogP) is 2.12. The van der Waals surface area contributed by atoms with Crippen molar-refractivity contribution in [3.8, 4) is 0 Å². The van der Waals surface area contributed by atoms with Crippen molar-refractivity contribution in [3.05, 3.63) is 18.0 Å². The van der Waals surface area contributed by atoms with Crippen molar-refractivity contribution >= 4 is 17.6 Å². The van der Waals surface area contributed by atoms with E-state index >= 15 is 0 Å². The maximum absolute atomic E-state index is 4.96. The average Bonchev–Trinajstić information content (AvgIpc) is 2.62. The highest BCUT2D eigenvalue weighted by Crippen LogP contribution is 2.15. The minimum Gasteiger partial charge on any atom is -0.360 e. The van der Waals surface area contributed by atoms with E-state index in [4.69, 9.17) is 4.52 Å². The Labute approximate surface area is 105 Å². The lowest BCUT2D eigenvalue weighted by Gasteiger charge is -2.19. The molecule has 0 saturated heterocycles. The largest absolute Gasteiger partial charge is 0.360 e. The minimum atomic E-state index is -0.120. The summed E-state index contributed by atoms with van der Waals surface area (Å²) in [5.41, 5.74) is -0.120. The van der Waals surface area contributed by atoms with Gasteiger partial charge in [-0.15, -0.1) is 5.10 Å². The third-order valence-corrected chi connectivity index (χ3v) is 1.93. The lowest BCUT2D eigenvalue weighted by atomic mass is 10.1. The summed E-state index contributed by atoms with van der Waals surface area (Å²) in [5, 5.41) is 17.7. The van der Waals surface area contributed by atoms with E-state index in [1.165, 1.54) is 6.20 Å². The molecule has 2 heterocycles. The summed E-state index contributed by atoms with van der Waals surface area (Å²) < 4.78 is 4.96. The molecule has 0 aliphatic carbocycles. The topological polar surface area (TPSA) is 88.8 Å². The van der Waals surface area contributed by atoms with Crippen LogP contribution in [0.1, 0.15) is 26.5 Å². The first-order valence-electron chi connectivity index (χ1n) is 5.61. The fraction of sp³-hybridized carbons (Fsp3) is 0.455. The molecule has 0 saturated carbocycles. The summed E-state index contributed by atoms with van der Waals surface area (Å²) in [6.07, 6.45) is 1.53. The summed E-state index contributed by atoms with van der Waals surface area (Å²) in [6, 6.07) is 1.78. The fourth-order valence-corrected chi connectivity index (χ4v) is 1.31. The maximum Gasteiger partial charge on any atom is 0.245 e. The van der Waals surface area contributed by atoms with E-state index in [1.807, 2.05) is 27.7 Å². The molecule has 18 heavy (non-hydrogen) atoms. The van der Waals surface area contributed by atoms with Gasteiger partial charge in [-0.25, -0.2) is 0 Å². The second-order valence-electron chi connectivity index (χ2n) is 4.99. The van der Waals surface area contributed by atoms with Gasteiger partial charge in [0.25, 0.3) is 0 Å². The molecule has 2 rings (SSSR count). The van der Waals surface area contributed by atoms with Crippen molar-refractivity contribution in [1.29, 1.82) is 0 Å². The van der Waals surface area contributed by atoms with Gasteiger partial charge in [0.1, 0.15) is 5.76 Å². The maximum atomic E-state index is 4.96. The predicted molar refractivity (Wildman–Crippen MR) is 67.7 cm³/mol. The standard InChI is InChI=1S/C11H16N6O/c1-7-5-8(17-18-7)13-9-6-12-16-10(14-9)15-11(2,3)4/h5-6H,1-4H3,(H2,13,14,15,16,17). The molecule has 0 aliphatic heterocycles. The van der Waals surface area contributed by atoms with Crippen LogP contribution in [0.15, 0.2) is 16.8 Å². The molecule has 2 aromatic heterocycles. The highest BCUT2D eigenvalue weighted by Gasteiger charge is 2.12. The van der Waals surface area contributed by atoms with Crippen LogP contribution < -0.4 is 10.6 Å². The Morgan fingerprint density at radius 2 is 2.00 bits per heavy atom. The van der Waals surface area contributed by atoms with Crippen molar-refractivity contribution < 1.29 is 4.52 Å². The van der Waals surface area contributed by atoms with Gasteiger partial charge in [-0.3, -0.25) is 0 Å². The van der Waals surface area contributed by atoms with Crippen molar-refractivity contribution in [3.63, 3.8) is 0 Å². The number of anilines is 3. The molecule has 0 atom stereocenters. The number of aryl methyl sites for hydroxylation is 1. The van der Waals surface area contributed by atoms with E-state index in [2.05, 4.69) is 31.0 Å². The quantitative estimate of drug-likeness (QED) is 0.859. The molecule has 7 nitrogen and oxygen atoms in total. The first-order valence-corrected chi connectivity index (χ1v) is 5.61. The SMILES string of the molecule is Cc1cc(Nc2cnnc(NC(C)(C)C)n2)no1. The normalized spacial score (nSPS) is 11.3. The van der Waals surface area contributed by atoms with E-state index in [9.17, 15) is 0 Å². The van der Waals surface area contributed by atoms with Crippen molar-refractivity contribution in [1.82, 2.24) is 20.3 Å². The molecule has 96 valence electrons. The summed E-state index contributed by atoms with van der Waals surface area (Å²) in [5.74, 6) is 2.35. The van der Waals surface area contributed by atoms with Gasteiger partial charge in [-0.2, -0.15) is 10.1 Å². The lowest BCUT2D eigenvalue weighted by Crippen LogP contribution is -2.27. The zero-order chi connectivity index (χ0) is 13.2. The van der Waals surface area contributed by atoms with Crippen LogP contribution in [0, 0.1) is 6.92 Å². The first-order chi connectivity index (χ1) is 8.42. The zero-order valence-electron chi connectivity index (χ0n) is 10.9. The van der Waals surface area contributed by atoms with Crippen molar-refractivity contribution in [2.45, 2.75) is 33.2 Å². The molecule has 0 unspecified atom stereocenters. The Morgan fingerprint density at radius 1 is 1.22 bits per heavy atom. The Kier molecular flexibility index (Phi) is 3.14. The smallest absolute Gasteiger partial charge is 0.245 e. The number of hydrogen-bond donors (Lipinski definition) is 2. The van der Waals surface area contributed by atoms with Crippen LogP contribution in [0.2, 0.25) is 0 Å². The molecule has 0 fully saturated rings. The molecule has 0 radical (unpaired) electrons. The highest BCUT2D eigenvalue weighted by atomic mass is 16.5. The van der Waals surface area contributed by atoms with Crippen LogP contribution >= 0.6 is 0 Å². The molecule has 2 aromatic rings. The number of nitrogens with one attached hydrogen (secondary N) is 2. The Balaban J connectivity index is 2.12.